The number of nitrogens with zero attached hydrogens (tertiary/aromatic N) is 1. The van der Waals surface area contributed by atoms with Crippen molar-refractivity contribution in [1.82, 2.24) is 15.5 Å². The number of nitrogens with one attached hydrogen (secondary N) is 2. The van der Waals surface area contributed by atoms with Gasteiger partial charge in [0.1, 0.15) is 0 Å². The summed E-state index contributed by atoms with van der Waals surface area (Å²) < 4.78 is 37.3. The van der Waals surface area contributed by atoms with Crippen molar-refractivity contribution in [3.8, 4) is 0 Å². The molecular weight excluding hydrogens is 319 g/mol. The van der Waals surface area contributed by atoms with E-state index >= 15 is 0 Å². The molecular formula is C14H19ClF3N3O. The second-order valence-electron chi connectivity index (χ2n) is 4.92. The molecule has 0 radical (unpaired) electrons. The minimum atomic E-state index is -4.38. The van der Waals surface area contributed by atoms with Crippen LogP contribution in [0.1, 0.15) is 15.9 Å². The van der Waals surface area contributed by atoms with Crippen LogP contribution in [-0.2, 0) is 6.18 Å². The van der Waals surface area contributed by atoms with Crippen molar-refractivity contribution in [2.75, 3.05) is 39.3 Å². The predicted octanol–water partition coefficient (Wildman–Crippen LogP) is 1.76. The Hall–Kier alpha value is -1.31. The zero-order chi connectivity index (χ0) is 15.3. The lowest BCUT2D eigenvalue weighted by molar-refractivity contribution is -0.137. The van der Waals surface area contributed by atoms with Crippen molar-refractivity contribution in [3.63, 3.8) is 0 Å². The Balaban J connectivity index is 0.00000242. The minimum absolute atomic E-state index is 0. The van der Waals surface area contributed by atoms with E-state index in [2.05, 4.69) is 15.5 Å². The van der Waals surface area contributed by atoms with Gasteiger partial charge in [-0.15, -0.1) is 12.4 Å². The standard InChI is InChI=1S/C14H18F3N3O.ClH/c15-14(16,17)12-3-1-11(2-4-12)13(21)19-7-10-20-8-5-18-6-9-20;/h1-4,18H,5-10H2,(H,19,21);1H. The topological polar surface area (TPSA) is 44.4 Å². The molecule has 4 nitrogen and oxygen atoms in total. The molecule has 124 valence electrons. The molecule has 0 spiro atoms. The van der Waals surface area contributed by atoms with Gasteiger partial charge in [0, 0.05) is 44.8 Å². The van der Waals surface area contributed by atoms with Gasteiger partial charge < -0.3 is 10.6 Å². The van der Waals surface area contributed by atoms with Crippen molar-refractivity contribution in [3.05, 3.63) is 35.4 Å². The number of benzene rings is 1. The van der Waals surface area contributed by atoms with E-state index in [0.717, 1.165) is 44.9 Å². The average Bonchev–Trinajstić information content (AvgIpc) is 2.47. The molecule has 1 aliphatic rings. The van der Waals surface area contributed by atoms with Gasteiger partial charge in [-0.2, -0.15) is 13.2 Å². The molecule has 1 aliphatic heterocycles. The SMILES string of the molecule is Cl.O=C(NCCN1CCNCC1)c1ccc(C(F)(F)F)cc1. The number of rotatable bonds is 4. The van der Waals surface area contributed by atoms with Gasteiger partial charge in [0.2, 0.25) is 0 Å². The van der Waals surface area contributed by atoms with Crippen LogP contribution >= 0.6 is 12.4 Å². The van der Waals surface area contributed by atoms with Crippen LogP contribution in [0.4, 0.5) is 13.2 Å². The van der Waals surface area contributed by atoms with E-state index in [0.29, 0.717) is 6.54 Å². The Kier molecular flexibility index (Phi) is 7.12. The van der Waals surface area contributed by atoms with E-state index in [1.165, 1.54) is 12.1 Å². The highest BCUT2D eigenvalue weighted by Crippen LogP contribution is 2.28. The maximum atomic E-state index is 12.4. The van der Waals surface area contributed by atoms with Crippen LogP contribution in [-0.4, -0.2) is 50.1 Å². The summed E-state index contributed by atoms with van der Waals surface area (Å²) >= 11 is 0. The molecule has 2 rings (SSSR count). The zero-order valence-electron chi connectivity index (χ0n) is 11.9. The van der Waals surface area contributed by atoms with Gasteiger partial charge in [-0.05, 0) is 24.3 Å². The fourth-order valence-electron chi connectivity index (χ4n) is 2.17. The van der Waals surface area contributed by atoms with Gasteiger partial charge in [-0.1, -0.05) is 0 Å². The fourth-order valence-corrected chi connectivity index (χ4v) is 2.17. The summed E-state index contributed by atoms with van der Waals surface area (Å²) in [6, 6.07) is 4.24. The van der Waals surface area contributed by atoms with Crippen molar-refractivity contribution in [2.45, 2.75) is 6.18 Å². The Bertz CT molecular complexity index is 473. The lowest BCUT2D eigenvalue weighted by atomic mass is 10.1. The third kappa shape index (κ3) is 5.47. The van der Waals surface area contributed by atoms with E-state index < -0.39 is 11.7 Å². The first-order chi connectivity index (χ1) is 9.97. The number of piperazine rings is 1. The Morgan fingerprint density at radius 1 is 1.18 bits per heavy atom. The lowest BCUT2D eigenvalue weighted by Gasteiger charge is -2.27. The molecule has 1 saturated heterocycles. The number of carbonyl (C=O) groups excluding carboxylic acids is 1. The van der Waals surface area contributed by atoms with E-state index in [1.807, 2.05) is 0 Å². The van der Waals surface area contributed by atoms with E-state index in [1.54, 1.807) is 0 Å². The monoisotopic (exact) mass is 337 g/mol. The summed E-state index contributed by atoms with van der Waals surface area (Å²) in [4.78, 5) is 14.0. The lowest BCUT2D eigenvalue weighted by Crippen LogP contribution is -2.46. The van der Waals surface area contributed by atoms with Gasteiger partial charge >= 0.3 is 6.18 Å². The Labute approximate surface area is 133 Å². The summed E-state index contributed by atoms with van der Waals surface area (Å²) in [5, 5.41) is 5.96. The van der Waals surface area contributed by atoms with Gasteiger partial charge in [0.25, 0.3) is 5.91 Å². The van der Waals surface area contributed by atoms with Crippen LogP contribution in [0, 0.1) is 0 Å². The van der Waals surface area contributed by atoms with Gasteiger partial charge in [0.05, 0.1) is 5.56 Å². The number of alkyl halides is 3. The molecule has 0 bridgehead atoms. The number of hydrogen-bond acceptors (Lipinski definition) is 3. The van der Waals surface area contributed by atoms with Crippen molar-refractivity contribution >= 4 is 18.3 Å². The molecule has 8 heteroatoms. The molecule has 0 unspecified atom stereocenters. The fraction of sp³-hybridized carbons (Fsp3) is 0.500. The first kappa shape index (κ1) is 18.7. The number of carbonyl (C=O) groups is 1. The highest BCUT2D eigenvalue weighted by atomic mass is 35.5. The maximum Gasteiger partial charge on any atom is 0.416 e. The highest BCUT2D eigenvalue weighted by Gasteiger charge is 2.30. The molecule has 0 aliphatic carbocycles. The Morgan fingerprint density at radius 2 is 1.77 bits per heavy atom. The average molecular weight is 338 g/mol. The van der Waals surface area contributed by atoms with Crippen molar-refractivity contribution < 1.29 is 18.0 Å². The van der Waals surface area contributed by atoms with Crippen LogP contribution in [0.2, 0.25) is 0 Å². The summed E-state index contributed by atoms with van der Waals surface area (Å²) in [7, 11) is 0. The van der Waals surface area contributed by atoms with Gasteiger partial charge in [0.15, 0.2) is 0 Å². The first-order valence-corrected chi connectivity index (χ1v) is 6.85. The van der Waals surface area contributed by atoms with E-state index in [4.69, 9.17) is 0 Å². The molecule has 1 aromatic carbocycles. The molecule has 0 atom stereocenters. The largest absolute Gasteiger partial charge is 0.416 e. The Morgan fingerprint density at radius 3 is 2.32 bits per heavy atom. The molecule has 0 aromatic heterocycles. The summed E-state index contributed by atoms with van der Waals surface area (Å²) in [5.41, 5.74) is -0.511. The van der Waals surface area contributed by atoms with Gasteiger partial charge in [-0.25, -0.2) is 0 Å². The summed E-state index contributed by atoms with van der Waals surface area (Å²) in [6.45, 7) is 4.99. The number of halogens is 4. The second-order valence-corrected chi connectivity index (χ2v) is 4.92. The minimum Gasteiger partial charge on any atom is -0.351 e. The van der Waals surface area contributed by atoms with Crippen molar-refractivity contribution in [2.24, 2.45) is 0 Å². The summed E-state index contributed by atoms with van der Waals surface area (Å²) in [5.74, 6) is -0.348. The first-order valence-electron chi connectivity index (χ1n) is 6.85. The maximum absolute atomic E-state index is 12.4. The van der Waals surface area contributed by atoms with Crippen molar-refractivity contribution in [1.29, 1.82) is 0 Å². The van der Waals surface area contributed by atoms with Gasteiger partial charge in [-0.3, -0.25) is 9.69 Å². The van der Waals surface area contributed by atoms with Crippen LogP contribution in [0.25, 0.3) is 0 Å². The molecule has 1 heterocycles. The number of amides is 1. The zero-order valence-corrected chi connectivity index (χ0v) is 12.8. The number of hydrogen-bond donors (Lipinski definition) is 2. The molecule has 1 fully saturated rings. The molecule has 2 N–H and O–H groups in total. The van der Waals surface area contributed by atoms with E-state index in [-0.39, 0.29) is 23.9 Å². The van der Waals surface area contributed by atoms with Crippen LogP contribution in [0.15, 0.2) is 24.3 Å². The molecule has 0 saturated carbocycles. The van der Waals surface area contributed by atoms with Crippen LogP contribution in [0.5, 0.6) is 0 Å². The quantitative estimate of drug-likeness (QED) is 0.880. The normalized spacial score (nSPS) is 16.0. The molecule has 22 heavy (non-hydrogen) atoms. The van der Waals surface area contributed by atoms with Crippen LogP contribution in [0.3, 0.4) is 0 Å². The predicted molar refractivity (Wildman–Crippen MR) is 80.3 cm³/mol. The third-order valence-corrected chi connectivity index (χ3v) is 3.40. The smallest absolute Gasteiger partial charge is 0.351 e. The third-order valence-electron chi connectivity index (χ3n) is 3.40. The van der Waals surface area contributed by atoms with Crippen LogP contribution < -0.4 is 10.6 Å². The summed E-state index contributed by atoms with van der Waals surface area (Å²) in [6.07, 6.45) is -4.38. The molecule has 1 aromatic rings. The second kappa shape index (κ2) is 8.36. The van der Waals surface area contributed by atoms with E-state index in [9.17, 15) is 18.0 Å². The molecule has 1 amide bonds. The highest BCUT2D eigenvalue weighted by molar-refractivity contribution is 5.94.